The van der Waals surface area contributed by atoms with E-state index in [0.29, 0.717) is 43.6 Å². The fourth-order valence-electron chi connectivity index (χ4n) is 3.18. The van der Waals surface area contributed by atoms with Crippen molar-refractivity contribution in [2.24, 2.45) is 0 Å². The normalized spacial score (nSPS) is 12.1. The largest absolute Gasteiger partial charge is 0.434 e. The van der Waals surface area contributed by atoms with Crippen molar-refractivity contribution < 1.29 is 13.5 Å². The van der Waals surface area contributed by atoms with Crippen LogP contribution in [0.4, 0.5) is 0 Å². The Morgan fingerprint density at radius 2 is 1.63 bits per heavy atom. The molecule has 0 spiro atoms. The van der Waals surface area contributed by atoms with E-state index in [1.54, 1.807) is 6.26 Å². The molecule has 0 bridgehead atoms. The van der Waals surface area contributed by atoms with Crippen molar-refractivity contribution in [2.45, 2.75) is 41.0 Å². The van der Waals surface area contributed by atoms with Crippen LogP contribution in [0.15, 0.2) is 34.9 Å². The molecular formula is C20H30ClN2O3P. The zero-order chi connectivity index (χ0) is 20.0. The van der Waals surface area contributed by atoms with E-state index in [2.05, 4.69) is 0 Å². The highest BCUT2D eigenvalue weighted by Crippen LogP contribution is 2.54. The number of nitrogens with zero attached hydrogens (tertiary/aromatic N) is 2. The number of furan rings is 1. The van der Waals surface area contributed by atoms with Gasteiger partial charge in [-0.15, -0.1) is 0 Å². The molecule has 0 aliphatic heterocycles. The molecule has 7 heteroatoms. The van der Waals surface area contributed by atoms with Crippen LogP contribution in [0.25, 0.3) is 0 Å². The van der Waals surface area contributed by atoms with E-state index in [1.165, 1.54) is 0 Å². The van der Waals surface area contributed by atoms with Gasteiger partial charge in [0.1, 0.15) is 0 Å². The maximum Gasteiger partial charge on any atom is 0.397 e. The van der Waals surface area contributed by atoms with Crippen LogP contribution >= 0.6 is 19.3 Å². The van der Waals surface area contributed by atoms with Crippen molar-refractivity contribution in [3.8, 4) is 5.95 Å². The van der Waals surface area contributed by atoms with Crippen molar-refractivity contribution in [3.63, 3.8) is 0 Å². The van der Waals surface area contributed by atoms with Crippen LogP contribution in [-0.4, -0.2) is 35.5 Å². The minimum atomic E-state index is -3.24. The van der Waals surface area contributed by atoms with Crippen LogP contribution in [0.5, 0.6) is 5.95 Å². The third kappa shape index (κ3) is 4.78. The zero-order valence-corrected chi connectivity index (χ0v) is 18.5. The van der Waals surface area contributed by atoms with Gasteiger partial charge >= 0.3 is 7.67 Å². The lowest BCUT2D eigenvalue weighted by Crippen LogP contribution is -2.34. The van der Waals surface area contributed by atoms with Gasteiger partial charge in [0.25, 0.3) is 5.95 Å². The summed E-state index contributed by atoms with van der Waals surface area (Å²) in [6.07, 6.45) is 2.14. The molecule has 150 valence electrons. The number of benzene rings is 1. The third-order valence-electron chi connectivity index (χ3n) is 4.80. The first-order chi connectivity index (χ1) is 12.9. The second-order valence-electron chi connectivity index (χ2n) is 6.31. The Labute approximate surface area is 167 Å². The number of halogens is 1. The topological polar surface area (TPSA) is 45.9 Å². The molecule has 27 heavy (non-hydrogen) atoms. The van der Waals surface area contributed by atoms with E-state index in [4.69, 9.17) is 20.5 Å². The fraction of sp³-hybridized carbons (Fsp3) is 0.500. The summed E-state index contributed by atoms with van der Waals surface area (Å²) in [6, 6.07) is 7.69. The maximum absolute atomic E-state index is 13.9. The maximum atomic E-state index is 13.9. The molecule has 1 aromatic heterocycles. The Bertz CT molecular complexity index is 749. The molecule has 0 radical (unpaired) electrons. The Morgan fingerprint density at radius 1 is 1.04 bits per heavy atom. The van der Waals surface area contributed by atoms with Crippen molar-refractivity contribution >= 4 is 19.3 Å². The Hall–Kier alpha value is -1.26. The van der Waals surface area contributed by atoms with E-state index >= 15 is 0 Å². The van der Waals surface area contributed by atoms with Gasteiger partial charge in [0.05, 0.1) is 6.26 Å². The predicted octanol–water partition coefficient (Wildman–Crippen LogP) is 6.00. The zero-order valence-electron chi connectivity index (χ0n) is 16.9. The van der Waals surface area contributed by atoms with Crippen LogP contribution in [-0.2, 0) is 11.0 Å². The van der Waals surface area contributed by atoms with Crippen LogP contribution in [0.3, 0.4) is 0 Å². The molecule has 0 atom stereocenters. The highest BCUT2D eigenvalue weighted by molar-refractivity contribution is 7.54. The van der Waals surface area contributed by atoms with Gasteiger partial charge in [-0.25, -0.2) is 13.9 Å². The van der Waals surface area contributed by atoms with E-state index < -0.39 is 7.67 Å². The molecule has 0 aliphatic rings. The summed E-state index contributed by atoms with van der Waals surface area (Å²) in [5, 5.41) is 0.706. The van der Waals surface area contributed by atoms with Gasteiger partial charge in [0.2, 0.25) is 0 Å². The smallest absolute Gasteiger partial charge is 0.397 e. The van der Waals surface area contributed by atoms with Crippen LogP contribution in [0.2, 0.25) is 5.02 Å². The van der Waals surface area contributed by atoms with Gasteiger partial charge in [-0.05, 0) is 30.2 Å². The summed E-state index contributed by atoms with van der Waals surface area (Å²) >= 11 is 6.38. The van der Waals surface area contributed by atoms with Gasteiger partial charge in [0.15, 0.2) is 0 Å². The SMILES string of the molecule is CCN(CC)P(=O)(Oc1occc1Cc1c(C)cccc1Cl)N(CC)CC. The molecule has 0 amide bonds. The monoisotopic (exact) mass is 412 g/mol. The number of hydrogen-bond acceptors (Lipinski definition) is 3. The molecule has 0 aliphatic carbocycles. The second-order valence-corrected chi connectivity index (χ2v) is 9.01. The molecule has 2 aromatic rings. The minimum Gasteiger partial charge on any atom is -0.434 e. The number of hydrogen-bond donors (Lipinski definition) is 0. The van der Waals surface area contributed by atoms with Gasteiger partial charge in [-0.2, -0.15) is 0 Å². The van der Waals surface area contributed by atoms with Crippen molar-refractivity contribution in [1.29, 1.82) is 0 Å². The average Bonchev–Trinajstić information content (AvgIpc) is 3.06. The van der Waals surface area contributed by atoms with E-state index in [1.807, 2.05) is 68.2 Å². The molecule has 2 rings (SSSR count). The molecule has 1 heterocycles. The van der Waals surface area contributed by atoms with Crippen LogP contribution in [0.1, 0.15) is 44.4 Å². The van der Waals surface area contributed by atoms with Gasteiger partial charge in [-0.3, -0.25) is 0 Å². The first-order valence-electron chi connectivity index (χ1n) is 9.51. The van der Waals surface area contributed by atoms with Gasteiger partial charge < -0.3 is 8.94 Å². The molecule has 1 aromatic carbocycles. The molecule has 5 nitrogen and oxygen atoms in total. The van der Waals surface area contributed by atoms with E-state index in [9.17, 15) is 4.57 Å². The molecule has 0 fully saturated rings. The Kier molecular flexibility index (Phi) is 7.99. The van der Waals surface area contributed by atoms with Crippen molar-refractivity contribution in [3.05, 3.63) is 52.2 Å². The summed E-state index contributed by atoms with van der Waals surface area (Å²) < 4.78 is 29.3. The molecular weight excluding hydrogens is 383 g/mol. The summed E-state index contributed by atoms with van der Waals surface area (Å²) in [6.45, 7) is 12.5. The van der Waals surface area contributed by atoms with E-state index in [-0.39, 0.29) is 0 Å². The lowest BCUT2D eigenvalue weighted by atomic mass is 10.0. The molecule has 0 saturated carbocycles. The number of rotatable bonds is 10. The van der Waals surface area contributed by atoms with Gasteiger partial charge in [0, 0.05) is 43.2 Å². The fourth-order valence-corrected chi connectivity index (χ4v) is 5.86. The highest BCUT2D eigenvalue weighted by atomic mass is 35.5. The number of aryl methyl sites for hydroxylation is 1. The van der Waals surface area contributed by atoms with Gasteiger partial charge in [-0.1, -0.05) is 51.4 Å². The summed E-state index contributed by atoms with van der Waals surface area (Å²) in [5.41, 5.74) is 2.96. The second kappa shape index (κ2) is 9.79. The first-order valence-corrected chi connectivity index (χ1v) is 11.4. The van der Waals surface area contributed by atoms with Crippen LogP contribution < -0.4 is 4.52 Å². The van der Waals surface area contributed by atoms with Crippen molar-refractivity contribution in [2.75, 3.05) is 26.2 Å². The summed E-state index contributed by atoms with van der Waals surface area (Å²) in [7, 11) is -3.24. The molecule has 0 saturated heterocycles. The average molecular weight is 413 g/mol. The summed E-state index contributed by atoms with van der Waals surface area (Å²) in [5.74, 6) is 0.302. The third-order valence-corrected chi connectivity index (χ3v) is 8.12. The Balaban J connectivity index is 2.38. The van der Waals surface area contributed by atoms with Crippen LogP contribution in [0, 0.1) is 6.92 Å². The first kappa shape index (κ1) is 22.0. The quantitative estimate of drug-likeness (QED) is 0.447. The lowest BCUT2D eigenvalue weighted by molar-refractivity contribution is 0.265. The van der Waals surface area contributed by atoms with E-state index in [0.717, 1.165) is 16.7 Å². The van der Waals surface area contributed by atoms with Crippen molar-refractivity contribution in [1.82, 2.24) is 9.34 Å². The Morgan fingerprint density at radius 3 is 2.15 bits per heavy atom. The summed E-state index contributed by atoms with van der Waals surface area (Å²) in [4.78, 5) is 0. The lowest BCUT2D eigenvalue weighted by Gasteiger charge is -2.35. The standard InChI is InChI=1S/C20H30ClN2O3P/c1-6-22(7-2)27(24,23(8-3)9-4)26-20-17(13-14-25-20)15-18-16(5)11-10-12-19(18)21/h10-14H,6-9,15H2,1-5H3. The highest BCUT2D eigenvalue weighted by Gasteiger charge is 2.38. The molecule has 0 N–H and O–H groups in total. The minimum absolute atomic E-state index is 0.302. The molecule has 0 unspecified atom stereocenters. The predicted molar refractivity (Wildman–Crippen MR) is 112 cm³/mol.